The SMILES string of the molecule is COc1ccc(CSc2nc(SC)nc(Nc3ccc(Cl)cc3)c2C(=O)O)cc1. The number of carboxylic acids is 1. The summed E-state index contributed by atoms with van der Waals surface area (Å²) < 4.78 is 5.17. The average molecular weight is 448 g/mol. The molecule has 2 N–H and O–H groups in total. The Morgan fingerprint density at radius 2 is 1.83 bits per heavy atom. The molecule has 2 aromatic carbocycles. The van der Waals surface area contributed by atoms with Crippen LogP contribution in [0.1, 0.15) is 15.9 Å². The minimum atomic E-state index is -1.09. The van der Waals surface area contributed by atoms with Crippen LogP contribution in [0.4, 0.5) is 11.5 Å². The normalized spacial score (nSPS) is 10.6. The van der Waals surface area contributed by atoms with Crippen LogP contribution in [0.15, 0.2) is 58.7 Å². The predicted molar refractivity (Wildman–Crippen MR) is 118 cm³/mol. The summed E-state index contributed by atoms with van der Waals surface area (Å²) >= 11 is 8.63. The van der Waals surface area contributed by atoms with E-state index >= 15 is 0 Å². The van der Waals surface area contributed by atoms with Crippen molar-refractivity contribution in [3.05, 3.63) is 64.7 Å². The van der Waals surface area contributed by atoms with Crippen LogP contribution in [0.2, 0.25) is 5.02 Å². The highest BCUT2D eigenvalue weighted by molar-refractivity contribution is 7.99. The van der Waals surface area contributed by atoms with Crippen molar-refractivity contribution in [2.75, 3.05) is 18.7 Å². The van der Waals surface area contributed by atoms with Crippen LogP contribution in [0.3, 0.4) is 0 Å². The molecule has 9 heteroatoms. The van der Waals surface area contributed by atoms with E-state index in [4.69, 9.17) is 16.3 Å². The third kappa shape index (κ3) is 5.56. The molecule has 0 saturated heterocycles. The molecular formula is C20H18ClN3O3S2. The van der Waals surface area contributed by atoms with Gasteiger partial charge in [-0.15, -0.1) is 11.8 Å². The minimum absolute atomic E-state index is 0.0382. The number of anilines is 2. The molecule has 0 aliphatic rings. The van der Waals surface area contributed by atoms with E-state index in [0.29, 0.717) is 26.6 Å². The van der Waals surface area contributed by atoms with Gasteiger partial charge in [-0.2, -0.15) is 0 Å². The number of aromatic carboxylic acids is 1. The molecule has 0 fully saturated rings. The number of benzene rings is 2. The summed E-state index contributed by atoms with van der Waals surface area (Å²) in [6.45, 7) is 0. The second kappa shape index (κ2) is 9.87. The van der Waals surface area contributed by atoms with E-state index in [1.165, 1.54) is 23.5 Å². The second-order valence-corrected chi connectivity index (χ2v) is 7.99. The number of carboxylic acid groups (broad SMARTS) is 1. The van der Waals surface area contributed by atoms with Crippen LogP contribution >= 0.6 is 35.1 Å². The first kappa shape index (κ1) is 21.3. The first-order valence-corrected chi connectivity index (χ1v) is 11.1. The molecule has 1 heterocycles. The fourth-order valence-corrected chi connectivity index (χ4v) is 3.97. The number of ether oxygens (including phenoxy) is 1. The van der Waals surface area contributed by atoms with Gasteiger partial charge in [-0.1, -0.05) is 35.5 Å². The molecule has 29 heavy (non-hydrogen) atoms. The van der Waals surface area contributed by atoms with E-state index in [1.807, 2.05) is 30.5 Å². The Kier molecular flexibility index (Phi) is 7.24. The number of aromatic nitrogens is 2. The van der Waals surface area contributed by atoms with E-state index < -0.39 is 5.97 Å². The number of hydrogen-bond donors (Lipinski definition) is 2. The van der Waals surface area contributed by atoms with Gasteiger partial charge < -0.3 is 15.2 Å². The highest BCUT2D eigenvalue weighted by Gasteiger charge is 2.21. The number of methoxy groups -OCH3 is 1. The van der Waals surface area contributed by atoms with Crippen molar-refractivity contribution in [2.45, 2.75) is 15.9 Å². The molecule has 0 spiro atoms. The van der Waals surface area contributed by atoms with Gasteiger partial charge in [-0.05, 0) is 48.2 Å². The Hall–Kier alpha value is -2.42. The van der Waals surface area contributed by atoms with Gasteiger partial charge in [0, 0.05) is 16.5 Å². The summed E-state index contributed by atoms with van der Waals surface area (Å²) in [5.74, 6) is 0.490. The number of hydrogen-bond acceptors (Lipinski definition) is 7. The molecule has 3 rings (SSSR count). The van der Waals surface area contributed by atoms with Crippen molar-refractivity contribution >= 4 is 52.6 Å². The molecule has 0 saturated carbocycles. The highest BCUT2D eigenvalue weighted by atomic mass is 35.5. The fraction of sp³-hybridized carbons (Fsp3) is 0.150. The smallest absolute Gasteiger partial charge is 0.342 e. The lowest BCUT2D eigenvalue weighted by molar-refractivity contribution is 0.0692. The summed E-state index contributed by atoms with van der Waals surface area (Å²) in [6.07, 6.45) is 1.85. The van der Waals surface area contributed by atoms with Crippen molar-refractivity contribution in [1.29, 1.82) is 0 Å². The topological polar surface area (TPSA) is 84.3 Å². The summed E-state index contributed by atoms with van der Waals surface area (Å²) in [7, 11) is 1.61. The molecule has 3 aromatic rings. The monoisotopic (exact) mass is 447 g/mol. The Morgan fingerprint density at radius 1 is 1.14 bits per heavy atom. The Balaban J connectivity index is 1.91. The average Bonchev–Trinajstić information content (AvgIpc) is 2.73. The molecule has 0 aliphatic carbocycles. The van der Waals surface area contributed by atoms with E-state index in [2.05, 4.69) is 15.3 Å². The van der Waals surface area contributed by atoms with Crippen LogP contribution in [0, 0.1) is 0 Å². The standard InChI is InChI=1S/C20H18ClN3O3S2/c1-27-15-9-3-12(4-10-15)11-29-18-16(19(25)26)17(23-20(24-18)28-2)22-14-7-5-13(21)6-8-14/h3-10H,11H2,1-2H3,(H,25,26)(H,22,23,24). The lowest BCUT2D eigenvalue weighted by Crippen LogP contribution is -2.10. The van der Waals surface area contributed by atoms with Gasteiger partial charge in [0.15, 0.2) is 11.0 Å². The molecule has 6 nitrogen and oxygen atoms in total. The number of rotatable bonds is 8. The van der Waals surface area contributed by atoms with Gasteiger partial charge in [-0.3, -0.25) is 0 Å². The number of nitrogens with one attached hydrogen (secondary N) is 1. The van der Waals surface area contributed by atoms with Gasteiger partial charge in [0.25, 0.3) is 0 Å². The van der Waals surface area contributed by atoms with Gasteiger partial charge in [0.2, 0.25) is 0 Å². The van der Waals surface area contributed by atoms with Crippen molar-refractivity contribution < 1.29 is 14.6 Å². The van der Waals surface area contributed by atoms with Crippen molar-refractivity contribution in [2.24, 2.45) is 0 Å². The number of halogens is 1. The molecule has 0 unspecified atom stereocenters. The Labute approximate surface area is 182 Å². The zero-order valence-electron chi connectivity index (χ0n) is 15.7. The van der Waals surface area contributed by atoms with Gasteiger partial charge in [-0.25, -0.2) is 14.8 Å². The van der Waals surface area contributed by atoms with Gasteiger partial charge in [0.1, 0.15) is 16.3 Å². The minimum Gasteiger partial charge on any atom is -0.497 e. The summed E-state index contributed by atoms with van der Waals surface area (Å²) in [6, 6.07) is 14.6. The molecule has 0 bridgehead atoms. The molecular weight excluding hydrogens is 430 g/mol. The van der Waals surface area contributed by atoms with E-state index in [-0.39, 0.29) is 11.4 Å². The van der Waals surface area contributed by atoms with Crippen molar-refractivity contribution in [3.63, 3.8) is 0 Å². The van der Waals surface area contributed by atoms with Crippen molar-refractivity contribution in [3.8, 4) is 5.75 Å². The third-order valence-electron chi connectivity index (χ3n) is 3.89. The maximum atomic E-state index is 12.0. The maximum Gasteiger partial charge on any atom is 0.342 e. The molecule has 150 valence electrons. The van der Waals surface area contributed by atoms with E-state index in [1.54, 1.807) is 31.4 Å². The Morgan fingerprint density at radius 3 is 2.41 bits per heavy atom. The van der Waals surface area contributed by atoms with Crippen LogP contribution in [0.25, 0.3) is 0 Å². The molecule has 0 radical (unpaired) electrons. The highest BCUT2D eigenvalue weighted by Crippen LogP contribution is 2.32. The Bertz CT molecular complexity index is 999. The van der Waals surface area contributed by atoms with Crippen LogP contribution in [0.5, 0.6) is 5.75 Å². The molecule has 0 atom stereocenters. The van der Waals surface area contributed by atoms with Gasteiger partial charge in [0.05, 0.1) is 7.11 Å². The summed E-state index contributed by atoms with van der Waals surface area (Å²) in [4.78, 5) is 20.8. The second-order valence-electron chi connectivity index (χ2n) is 5.81. The maximum absolute atomic E-state index is 12.0. The zero-order valence-corrected chi connectivity index (χ0v) is 18.1. The largest absolute Gasteiger partial charge is 0.497 e. The summed E-state index contributed by atoms with van der Waals surface area (Å²) in [5, 5.41) is 14.4. The van der Waals surface area contributed by atoms with E-state index in [9.17, 15) is 9.90 Å². The quantitative estimate of drug-likeness (QED) is 0.262. The zero-order chi connectivity index (χ0) is 20.8. The lowest BCUT2D eigenvalue weighted by Gasteiger charge is -2.13. The van der Waals surface area contributed by atoms with Gasteiger partial charge >= 0.3 is 5.97 Å². The van der Waals surface area contributed by atoms with Crippen LogP contribution in [-0.4, -0.2) is 34.4 Å². The van der Waals surface area contributed by atoms with E-state index in [0.717, 1.165) is 11.3 Å². The molecule has 0 amide bonds. The first-order valence-electron chi connectivity index (χ1n) is 8.47. The number of nitrogens with zero attached hydrogens (tertiary/aromatic N) is 2. The fourth-order valence-electron chi connectivity index (χ4n) is 2.44. The lowest BCUT2D eigenvalue weighted by atomic mass is 10.2. The molecule has 0 aliphatic heterocycles. The third-order valence-corrected chi connectivity index (χ3v) is 5.74. The number of carbonyl (C=O) groups is 1. The van der Waals surface area contributed by atoms with Crippen LogP contribution < -0.4 is 10.1 Å². The molecule has 1 aromatic heterocycles. The predicted octanol–water partition coefficient (Wildman–Crippen LogP) is 5.59. The van der Waals surface area contributed by atoms with Crippen molar-refractivity contribution in [1.82, 2.24) is 9.97 Å². The summed E-state index contributed by atoms with van der Waals surface area (Å²) in [5.41, 5.74) is 1.76. The van der Waals surface area contributed by atoms with Crippen LogP contribution in [-0.2, 0) is 5.75 Å². The number of thioether (sulfide) groups is 2. The first-order chi connectivity index (χ1) is 14.0.